The molecule has 0 unspecified atom stereocenters. The molecule has 0 saturated heterocycles. The molecule has 31 heteroatoms. The minimum absolute atomic E-state index is 1.68. The van der Waals surface area contributed by atoms with Crippen LogP contribution in [-0.2, 0) is 4.74 Å². The van der Waals surface area contributed by atoms with Crippen LogP contribution >= 0.6 is 0 Å². The maximum atomic E-state index is 14.8. The highest BCUT2D eigenvalue weighted by atomic mass is 19.4. The van der Waals surface area contributed by atoms with Crippen LogP contribution in [0.1, 0.15) is 0 Å². The highest BCUT2D eigenvalue weighted by Crippen LogP contribution is 2.75. The number of ether oxygens (including phenoxy) is 1. The molecule has 2 rings (SSSR count). The summed E-state index contributed by atoms with van der Waals surface area (Å²) < 4.78 is 416. The van der Waals surface area contributed by atoms with Crippen LogP contribution in [0.25, 0.3) is 0 Å². The molecule has 49 heavy (non-hydrogen) atoms. The van der Waals surface area contributed by atoms with Gasteiger partial charge in [-0.1, -0.05) is 0 Å². The molecule has 288 valence electrons. The lowest BCUT2D eigenvalue weighted by molar-refractivity contribution is -0.506. The molecule has 0 radical (unpaired) electrons. The first-order valence-electron chi connectivity index (χ1n) is 10.6. The molecule has 2 aliphatic carbocycles. The normalized spacial score (nSPS) is 28.9. The lowest BCUT2D eigenvalue weighted by atomic mass is 9.68. The summed E-state index contributed by atoms with van der Waals surface area (Å²) in [5, 5.41) is 0. The predicted molar refractivity (Wildman–Crippen MR) is 86.6 cm³/mol. The summed E-state index contributed by atoms with van der Waals surface area (Å²) >= 11 is 0. The Morgan fingerprint density at radius 1 is 0.286 bits per heavy atom. The zero-order valence-corrected chi connectivity index (χ0v) is 20.7. The van der Waals surface area contributed by atoms with Crippen molar-refractivity contribution in [1.29, 1.82) is 0 Å². The molecular formula is C18F30O. The van der Waals surface area contributed by atoms with Gasteiger partial charge in [0.1, 0.15) is 0 Å². The minimum Gasteiger partial charge on any atom is -0.442 e. The molecule has 0 heterocycles. The monoisotopic (exact) mass is 802 g/mol. The molecule has 2 fully saturated rings. The second-order valence-corrected chi connectivity index (χ2v) is 9.49. The second-order valence-electron chi connectivity index (χ2n) is 9.49. The predicted octanol–water partition coefficient (Wildman–Crippen LogP) is 10.3. The van der Waals surface area contributed by atoms with Crippen molar-refractivity contribution in [3.05, 3.63) is 23.7 Å². The van der Waals surface area contributed by atoms with E-state index in [1.165, 1.54) is 0 Å². The van der Waals surface area contributed by atoms with Gasteiger partial charge in [0, 0.05) is 0 Å². The fourth-order valence-corrected chi connectivity index (χ4v) is 4.09. The van der Waals surface area contributed by atoms with Gasteiger partial charge < -0.3 is 4.74 Å². The van der Waals surface area contributed by atoms with Crippen LogP contribution in [0.15, 0.2) is 23.7 Å². The van der Waals surface area contributed by atoms with Crippen molar-refractivity contribution in [2.45, 2.75) is 82.4 Å². The van der Waals surface area contributed by atoms with Gasteiger partial charge in [0.25, 0.3) is 0 Å². The first-order valence-corrected chi connectivity index (χ1v) is 10.6. The van der Waals surface area contributed by atoms with Crippen molar-refractivity contribution >= 4 is 0 Å². The molecule has 0 aromatic carbocycles. The topological polar surface area (TPSA) is 9.23 Å². The Hall–Kier alpha value is -2.82. The summed E-state index contributed by atoms with van der Waals surface area (Å²) in [6.45, 7) is 0. The van der Waals surface area contributed by atoms with Crippen molar-refractivity contribution < 1.29 is 136 Å². The van der Waals surface area contributed by atoms with Gasteiger partial charge in [-0.15, -0.1) is 0 Å². The first-order chi connectivity index (χ1) is 20.9. The van der Waals surface area contributed by atoms with E-state index in [9.17, 15) is 132 Å². The van der Waals surface area contributed by atoms with Crippen molar-refractivity contribution in [1.82, 2.24) is 0 Å². The number of alkyl halides is 26. The van der Waals surface area contributed by atoms with Crippen LogP contribution < -0.4 is 0 Å². The standard InChI is InChI=1S/C18F30O/c19-3(20)1(5(23,24)7(27)9(29,30)13(37,38)17(45,46)14(39,40)10(7,31)32)49-2(4(21)22)6(25,26)8(28)11(33,34)15(41,42)18(47,48)16(43,44)12(8,35)36. The molecule has 0 amide bonds. The highest BCUT2D eigenvalue weighted by molar-refractivity contribution is 5.38. The van der Waals surface area contributed by atoms with Crippen molar-refractivity contribution in [3.63, 3.8) is 0 Å². The Kier molecular flexibility index (Phi) is 8.59. The van der Waals surface area contributed by atoms with E-state index < -0.39 is 106 Å². The molecule has 0 atom stereocenters. The van der Waals surface area contributed by atoms with Crippen LogP contribution in [0.2, 0.25) is 0 Å². The quantitative estimate of drug-likeness (QED) is 0.192. The Bertz CT molecular complexity index is 1250. The third-order valence-corrected chi connectivity index (χ3v) is 6.87. The summed E-state index contributed by atoms with van der Waals surface area (Å²) in [5.41, 5.74) is -18.6. The summed E-state index contributed by atoms with van der Waals surface area (Å²) in [6, 6.07) is 0. The molecule has 0 spiro atoms. The van der Waals surface area contributed by atoms with E-state index >= 15 is 0 Å². The lowest BCUT2D eigenvalue weighted by Crippen LogP contribution is -2.87. The average Bonchev–Trinajstić information content (AvgIpc) is 2.88. The SMILES string of the molecule is FC(F)=C(OC(=C(F)F)C(F)(F)C1(F)C(F)(F)C(F)(F)C(F)(F)C(F)(F)C1(F)F)C(F)(F)C1(F)C(F)(F)C(F)(F)C(F)(F)C(F)(F)C1(F)F. The summed E-state index contributed by atoms with van der Waals surface area (Å²) in [6.07, 6.45) is -11.3. The van der Waals surface area contributed by atoms with E-state index in [4.69, 9.17) is 0 Å². The molecule has 0 aromatic rings. The number of hydrogen-bond acceptors (Lipinski definition) is 1. The largest absolute Gasteiger partial charge is 0.442 e. The van der Waals surface area contributed by atoms with Gasteiger partial charge in [-0.05, 0) is 0 Å². The second kappa shape index (κ2) is 9.94. The highest BCUT2D eigenvalue weighted by Gasteiger charge is 3.07. The van der Waals surface area contributed by atoms with Gasteiger partial charge in [-0.25, -0.2) is 8.78 Å². The van der Waals surface area contributed by atoms with E-state index in [2.05, 4.69) is 0 Å². The molecule has 2 aliphatic rings. The number of halogens is 30. The molecule has 0 aliphatic heterocycles. The molecule has 2 saturated carbocycles. The van der Waals surface area contributed by atoms with Crippen molar-refractivity contribution in [2.24, 2.45) is 0 Å². The third kappa shape index (κ3) is 3.89. The number of hydrogen-bond donors (Lipinski definition) is 0. The molecule has 0 bridgehead atoms. The Morgan fingerprint density at radius 3 is 0.571 bits per heavy atom. The first kappa shape index (κ1) is 42.3. The average molecular weight is 802 g/mol. The summed E-state index contributed by atoms with van der Waals surface area (Å²) in [4.78, 5) is 0. The van der Waals surface area contributed by atoms with Crippen molar-refractivity contribution in [2.75, 3.05) is 0 Å². The Labute approximate surface area is 244 Å². The summed E-state index contributed by atoms with van der Waals surface area (Å²) in [7, 11) is 0. The maximum Gasteiger partial charge on any atom is 0.384 e. The minimum atomic E-state index is -9.32. The summed E-state index contributed by atoms with van der Waals surface area (Å²) in [5.74, 6) is -118. The zero-order valence-electron chi connectivity index (χ0n) is 20.7. The smallest absolute Gasteiger partial charge is 0.384 e. The van der Waals surface area contributed by atoms with Crippen LogP contribution in [0.4, 0.5) is 132 Å². The van der Waals surface area contributed by atoms with E-state index in [0.717, 1.165) is 0 Å². The fourth-order valence-electron chi connectivity index (χ4n) is 4.09. The third-order valence-electron chi connectivity index (χ3n) is 6.87. The van der Waals surface area contributed by atoms with Gasteiger partial charge in [-0.2, -0.15) is 123 Å². The Morgan fingerprint density at radius 2 is 0.429 bits per heavy atom. The zero-order chi connectivity index (χ0) is 40.0. The Balaban J connectivity index is 3.07. The lowest BCUT2D eigenvalue weighted by Gasteiger charge is -2.54. The van der Waals surface area contributed by atoms with E-state index in [0.29, 0.717) is 0 Å². The molecule has 0 aromatic heterocycles. The van der Waals surface area contributed by atoms with Gasteiger partial charge in [0.2, 0.25) is 11.5 Å². The maximum absolute atomic E-state index is 14.8. The van der Waals surface area contributed by atoms with Crippen LogP contribution in [0.3, 0.4) is 0 Å². The van der Waals surface area contributed by atoms with Crippen LogP contribution in [0, 0.1) is 0 Å². The van der Waals surface area contributed by atoms with Gasteiger partial charge in [-0.3, -0.25) is 0 Å². The van der Waals surface area contributed by atoms with Gasteiger partial charge in [0.15, 0.2) is 0 Å². The van der Waals surface area contributed by atoms with Crippen LogP contribution in [-0.4, -0.2) is 82.4 Å². The number of rotatable bonds is 6. The number of allylic oxidation sites excluding steroid dienone is 2. The van der Waals surface area contributed by atoms with Gasteiger partial charge >= 0.3 is 94.6 Å². The molecular weight excluding hydrogens is 802 g/mol. The van der Waals surface area contributed by atoms with Crippen LogP contribution in [0.5, 0.6) is 0 Å². The van der Waals surface area contributed by atoms with E-state index in [1.54, 1.807) is 4.74 Å². The van der Waals surface area contributed by atoms with Crippen molar-refractivity contribution in [3.8, 4) is 0 Å². The van der Waals surface area contributed by atoms with Gasteiger partial charge in [0.05, 0.1) is 0 Å². The molecule has 1 nitrogen and oxygen atoms in total. The van der Waals surface area contributed by atoms with E-state index in [-0.39, 0.29) is 0 Å². The fraction of sp³-hybridized carbons (Fsp3) is 0.778. The molecule has 0 N–H and O–H groups in total. The van der Waals surface area contributed by atoms with E-state index in [1.807, 2.05) is 0 Å².